The minimum Gasteiger partial charge on any atom is -0.354 e. The number of nitrogens with one attached hydrogen (secondary N) is 2. The van der Waals surface area contributed by atoms with E-state index >= 15 is 0 Å². The molecule has 0 radical (unpaired) electrons. The van der Waals surface area contributed by atoms with Crippen LogP contribution in [-0.2, 0) is 9.59 Å². The van der Waals surface area contributed by atoms with Crippen molar-refractivity contribution in [3.63, 3.8) is 0 Å². The molecule has 1 saturated heterocycles. The van der Waals surface area contributed by atoms with Gasteiger partial charge in [-0.3, -0.25) is 9.59 Å². The minimum atomic E-state index is 0.0957. The van der Waals surface area contributed by atoms with Gasteiger partial charge in [0.1, 0.15) is 0 Å². The number of rotatable bonds is 2. The van der Waals surface area contributed by atoms with Crippen LogP contribution in [-0.4, -0.2) is 24.4 Å². The van der Waals surface area contributed by atoms with Crippen molar-refractivity contribution in [1.82, 2.24) is 10.6 Å². The molecule has 4 unspecified atom stereocenters. The number of hydrogen-bond donors (Lipinski definition) is 2. The van der Waals surface area contributed by atoms with Gasteiger partial charge in [-0.1, -0.05) is 12.2 Å². The molecule has 1 aliphatic heterocycles. The third-order valence-electron chi connectivity index (χ3n) is 4.23. The number of amides is 2. The first-order chi connectivity index (χ1) is 8.22. The van der Waals surface area contributed by atoms with E-state index in [4.69, 9.17) is 0 Å². The van der Waals surface area contributed by atoms with E-state index in [1.54, 1.807) is 0 Å². The lowest BCUT2D eigenvalue weighted by atomic mass is 9.92. The first kappa shape index (κ1) is 10.8. The fourth-order valence-electron chi connectivity index (χ4n) is 3.25. The summed E-state index contributed by atoms with van der Waals surface area (Å²) in [6.07, 6.45) is 7.90. The number of hydrogen-bond acceptors (Lipinski definition) is 2. The Hall–Kier alpha value is -1.32. The van der Waals surface area contributed by atoms with E-state index in [0.717, 1.165) is 19.3 Å². The molecule has 3 aliphatic rings. The molecular weight excluding hydrogens is 216 g/mol. The average Bonchev–Trinajstić information content (AvgIpc) is 2.94. The molecule has 1 heterocycles. The monoisotopic (exact) mass is 234 g/mol. The van der Waals surface area contributed by atoms with Crippen LogP contribution in [0.15, 0.2) is 12.2 Å². The maximum atomic E-state index is 12.1. The van der Waals surface area contributed by atoms with Gasteiger partial charge in [-0.15, -0.1) is 0 Å². The van der Waals surface area contributed by atoms with Gasteiger partial charge in [-0.25, -0.2) is 0 Å². The zero-order valence-electron chi connectivity index (χ0n) is 9.82. The first-order valence-electron chi connectivity index (χ1n) is 6.48. The third kappa shape index (κ3) is 2.08. The number of fused-ring (bicyclic) bond motifs is 2. The highest BCUT2D eigenvalue weighted by Crippen LogP contribution is 2.43. The predicted octanol–water partition coefficient (Wildman–Crippen LogP) is 0.593. The lowest BCUT2D eigenvalue weighted by molar-refractivity contribution is -0.128. The molecule has 2 bridgehead atoms. The van der Waals surface area contributed by atoms with Gasteiger partial charge in [-0.2, -0.15) is 0 Å². The highest BCUT2D eigenvalue weighted by atomic mass is 16.2. The van der Waals surface area contributed by atoms with Crippen molar-refractivity contribution in [3.05, 3.63) is 12.2 Å². The Balaban J connectivity index is 1.54. The first-order valence-corrected chi connectivity index (χ1v) is 6.48. The molecule has 0 aromatic carbocycles. The molecule has 0 aromatic heterocycles. The molecule has 92 valence electrons. The largest absolute Gasteiger partial charge is 0.354 e. The SMILES string of the molecule is O=C1CCC(NC(=O)C2CC3C=CC2C3)CN1. The topological polar surface area (TPSA) is 58.2 Å². The summed E-state index contributed by atoms with van der Waals surface area (Å²) < 4.78 is 0. The van der Waals surface area contributed by atoms with Gasteiger partial charge in [0, 0.05) is 24.9 Å². The van der Waals surface area contributed by atoms with Gasteiger partial charge >= 0.3 is 0 Å². The summed E-state index contributed by atoms with van der Waals surface area (Å²) in [6, 6.07) is 0.128. The zero-order valence-corrected chi connectivity index (χ0v) is 9.82. The number of carbonyl (C=O) groups is 2. The van der Waals surface area contributed by atoms with Crippen LogP contribution in [0.4, 0.5) is 0 Å². The molecule has 2 aliphatic carbocycles. The van der Waals surface area contributed by atoms with Crippen molar-refractivity contribution in [2.45, 2.75) is 31.7 Å². The van der Waals surface area contributed by atoms with E-state index < -0.39 is 0 Å². The van der Waals surface area contributed by atoms with E-state index in [0.29, 0.717) is 24.8 Å². The molecule has 4 nitrogen and oxygen atoms in total. The molecule has 17 heavy (non-hydrogen) atoms. The molecule has 2 amide bonds. The van der Waals surface area contributed by atoms with Crippen LogP contribution in [0.5, 0.6) is 0 Å². The van der Waals surface area contributed by atoms with Crippen molar-refractivity contribution in [1.29, 1.82) is 0 Å². The standard InChI is InChI=1S/C13H18N2O2/c16-12-4-3-10(7-14-12)15-13(17)11-6-8-1-2-9(11)5-8/h1-2,8-11H,3-7H2,(H,14,16)(H,15,17). The van der Waals surface area contributed by atoms with Gasteiger partial charge < -0.3 is 10.6 Å². The Kier molecular flexibility index (Phi) is 2.65. The van der Waals surface area contributed by atoms with E-state index in [-0.39, 0.29) is 23.8 Å². The molecule has 3 rings (SSSR count). The fraction of sp³-hybridized carbons (Fsp3) is 0.692. The van der Waals surface area contributed by atoms with Crippen molar-refractivity contribution in [2.75, 3.05) is 6.54 Å². The lowest BCUT2D eigenvalue weighted by Gasteiger charge is -2.26. The third-order valence-corrected chi connectivity index (χ3v) is 4.23. The van der Waals surface area contributed by atoms with Crippen molar-refractivity contribution < 1.29 is 9.59 Å². The Morgan fingerprint density at radius 3 is 2.82 bits per heavy atom. The fourth-order valence-corrected chi connectivity index (χ4v) is 3.25. The Labute approximate surface area is 101 Å². The van der Waals surface area contributed by atoms with E-state index in [1.165, 1.54) is 0 Å². The molecule has 1 saturated carbocycles. The number of piperidine rings is 1. The molecular formula is C13H18N2O2. The second-order valence-electron chi connectivity index (χ2n) is 5.43. The lowest BCUT2D eigenvalue weighted by Crippen LogP contribution is -2.49. The van der Waals surface area contributed by atoms with Crippen LogP contribution in [0.2, 0.25) is 0 Å². The molecule has 2 fully saturated rings. The van der Waals surface area contributed by atoms with E-state index in [2.05, 4.69) is 22.8 Å². The van der Waals surface area contributed by atoms with Crippen LogP contribution in [0.25, 0.3) is 0 Å². The van der Waals surface area contributed by atoms with Crippen molar-refractivity contribution >= 4 is 11.8 Å². The Morgan fingerprint density at radius 2 is 2.24 bits per heavy atom. The van der Waals surface area contributed by atoms with Gasteiger partial charge in [0.15, 0.2) is 0 Å². The predicted molar refractivity (Wildman–Crippen MR) is 63.0 cm³/mol. The second kappa shape index (κ2) is 4.17. The van der Waals surface area contributed by atoms with E-state index in [1.807, 2.05) is 0 Å². The molecule has 2 N–H and O–H groups in total. The maximum Gasteiger partial charge on any atom is 0.224 e. The van der Waals surface area contributed by atoms with Gasteiger partial charge in [0.2, 0.25) is 11.8 Å². The summed E-state index contributed by atoms with van der Waals surface area (Å²) >= 11 is 0. The normalized spacial score (nSPS) is 39.2. The average molecular weight is 234 g/mol. The van der Waals surface area contributed by atoms with Crippen molar-refractivity contribution in [3.8, 4) is 0 Å². The molecule has 0 spiro atoms. The van der Waals surface area contributed by atoms with Gasteiger partial charge in [0.25, 0.3) is 0 Å². The summed E-state index contributed by atoms with van der Waals surface area (Å²) in [5, 5.41) is 5.87. The Bertz CT molecular complexity index is 368. The van der Waals surface area contributed by atoms with E-state index in [9.17, 15) is 9.59 Å². The van der Waals surface area contributed by atoms with Gasteiger partial charge in [0.05, 0.1) is 0 Å². The van der Waals surface area contributed by atoms with Crippen LogP contribution in [0.1, 0.15) is 25.7 Å². The summed E-state index contributed by atoms with van der Waals surface area (Å²) in [6.45, 7) is 0.585. The van der Waals surface area contributed by atoms with Crippen LogP contribution in [0.3, 0.4) is 0 Å². The molecule has 4 atom stereocenters. The highest BCUT2D eigenvalue weighted by Gasteiger charge is 2.40. The quantitative estimate of drug-likeness (QED) is 0.687. The van der Waals surface area contributed by atoms with Crippen molar-refractivity contribution in [2.24, 2.45) is 17.8 Å². The molecule has 4 heteroatoms. The van der Waals surface area contributed by atoms with Gasteiger partial charge in [-0.05, 0) is 31.1 Å². The number of carbonyl (C=O) groups excluding carboxylic acids is 2. The number of allylic oxidation sites excluding steroid dienone is 2. The van der Waals surface area contributed by atoms with Crippen LogP contribution < -0.4 is 10.6 Å². The summed E-state index contributed by atoms with van der Waals surface area (Å²) in [4.78, 5) is 23.1. The summed E-state index contributed by atoms with van der Waals surface area (Å²) in [5.74, 6) is 1.53. The minimum absolute atomic E-state index is 0.0957. The second-order valence-corrected chi connectivity index (χ2v) is 5.43. The summed E-state index contributed by atoms with van der Waals surface area (Å²) in [5.41, 5.74) is 0. The van der Waals surface area contributed by atoms with Crippen LogP contribution in [0, 0.1) is 17.8 Å². The highest BCUT2D eigenvalue weighted by molar-refractivity contribution is 5.81. The maximum absolute atomic E-state index is 12.1. The van der Waals surface area contributed by atoms with Crippen LogP contribution >= 0.6 is 0 Å². The molecule has 0 aromatic rings. The summed E-state index contributed by atoms with van der Waals surface area (Å²) in [7, 11) is 0. The zero-order chi connectivity index (χ0) is 11.8. The smallest absolute Gasteiger partial charge is 0.224 e. The Morgan fingerprint density at radius 1 is 1.35 bits per heavy atom.